The molecular weight excluding hydrogens is 206 g/mol. The first kappa shape index (κ1) is 14.2. The molecule has 1 nitrogen and oxygen atoms in total. The highest BCUT2D eigenvalue weighted by Gasteiger charge is 2.23. The topological polar surface area (TPSA) is 0 Å². The molecular formula is C13H20ClN. The predicted molar refractivity (Wildman–Crippen MR) is 62.0 cm³/mol. The van der Waals surface area contributed by atoms with Crippen LogP contribution in [0.3, 0.4) is 0 Å². The highest BCUT2D eigenvalue weighted by molar-refractivity contribution is 5.18. The fraction of sp³-hybridized carbons (Fsp3) is 0.385. The zero-order valence-corrected chi connectivity index (χ0v) is 10.5. The quantitative estimate of drug-likeness (QED) is 0.501. The minimum Gasteiger partial charge on any atom is -1.00 e. The second-order valence-electron chi connectivity index (χ2n) is 4.57. The van der Waals surface area contributed by atoms with Crippen LogP contribution in [0.15, 0.2) is 43.0 Å². The first-order valence-electron chi connectivity index (χ1n) is 5.02. The minimum atomic E-state index is 0. The maximum atomic E-state index is 3.83. The first-order valence-corrected chi connectivity index (χ1v) is 5.02. The van der Waals surface area contributed by atoms with Crippen LogP contribution in [0.1, 0.15) is 18.0 Å². The monoisotopic (exact) mass is 225 g/mol. The van der Waals surface area contributed by atoms with Crippen molar-refractivity contribution in [3.8, 4) is 0 Å². The van der Waals surface area contributed by atoms with Crippen molar-refractivity contribution in [1.29, 1.82) is 0 Å². The van der Waals surface area contributed by atoms with E-state index in [-0.39, 0.29) is 12.4 Å². The molecule has 0 radical (unpaired) electrons. The molecule has 0 heterocycles. The van der Waals surface area contributed by atoms with Gasteiger partial charge in [-0.15, -0.1) is 6.58 Å². The number of hydrogen-bond acceptors (Lipinski definition) is 0. The van der Waals surface area contributed by atoms with E-state index in [0.717, 1.165) is 10.9 Å². The van der Waals surface area contributed by atoms with Gasteiger partial charge >= 0.3 is 0 Å². The summed E-state index contributed by atoms with van der Waals surface area (Å²) in [5.41, 5.74) is 1.39. The second-order valence-corrected chi connectivity index (χ2v) is 4.57. The van der Waals surface area contributed by atoms with Crippen molar-refractivity contribution in [3.63, 3.8) is 0 Å². The molecule has 0 aliphatic rings. The number of halogens is 1. The van der Waals surface area contributed by atoms with Crippen molar-refractivity contribution >= 4 is 0 Å². The van der Waals surface area contributed by atoms with Crippen LogP contribution in [0.25, 0.3) is 0 Å². The van der Waals surface area contributed by atoms with Crippen LogP contribution in [0.5, 0.6) is 0 Å². The summed E-state index contributed by atoms with van der Waals surface area (Å²) in [4.78, 5) is 0. The molecule has 0 aromatic heterocycles. The molecule has 1 aromatic rings. The molecule has 0 fully saturated rings. The van der Waals surface area contributed by atoms with E-state index in [4.69, 9.17) is 0 Å². The normalized spacial score (nSPS) is 12.7. The van der Waals surface area contributed by atoms with Gasteiger partial charge in [0.1, 0.15) is 6.04 Å². The Morgan fingerprint density at radius 2 is 1.73 bits per heavy atom. The molecule has 84 valence electrons. The van der Waals surface area contributed by atoms with Crippen molar-refractivity contribution in [3.05, 3.63) is 48.6 Å². The lowest BCUT2D eigenvalue weighted by Crippen LogP contribution is -3.00. The Kier molecular flexibility index (Phi) is 5.63. The van der Waals surface area contributed by atoms with Gasteiger partial charge in [-0.2, -0.15) is 0 Å². The summed E-state index contributed by atoms with van der Waals surface area (Å²) in [7, 11) is 6.67. The third-order valence-electron chi connectivity index (χ3n) is 2.51. The van der Waals surface area contributed by atoms with Crippen molar-refractivity contribution in [2.24, 2.45) is 0 Å². The van der Waals surface area contributed by atoms with Crippen molar-refractivity contribution in [2.75, 3.05) is 21.1 Å². The standard InChI is InChI=1S/C13H20N.ClH/c1-5-9-13(14(2,3)4)12-10-7-6-8-11-12;/h5-8,10-11,13H,1,9H2,2-4H3;1H/q+1;/p-1. The van der Waals surface area contributed by atoms with Gasteiger partial charge < -0.3 is 16.9 Å². The minimum absolute atomic E-state index is 0. The molecule has 1 rings (SSSR count). The Balaban J connectivity index is 0.00000196. The molecule has 0 aliphatic carbocycles. The van der Waals surface area contributed by atoms with Crippen molar-refractivity contribution < 1.29 is 16.9 Å². The van der Waals surface area contributed by atoms with E-state index < -0.39 is 0 Å². The Labute approximate surface area is 99.4 Å². The smallest absolute Gasteiger partial charge is 0.117 e. The van der Waals surface area contributed by atoms with E-state index in [9.17, 15) is 0 Å². The lowest BCUT2D eigenvalue weighted by atomic mass is 10.0. The predicted octanol–water partition coefficient (Wildman–Crippen LogP) is 0.0140. The molecule has 0 saturated heterocycles. The number of nitrogens with zero attached hydrogens (tertiary/aromatic N) is 1. The summed E-state index contributed by atoms with van der Waals surface area (Å²) < 4.78 is 0.941. The van der Waals surface area contributed by atoms with E-state index in [1.54, 1.807) is 0 Å². The number of rotatable bonds is 4. The van der Waals surface area contributed by atoms with Gasteiger partial charge in [-0.1, -0.05) is 36.4 Å². The summed E-state index contributed by atoms with van der Waals surface area (Å²) in [6.07, 6.45) is 3.02. The Morgan fingerprint density at radius 3 is 2.13 bits per heavy atom. The van der Waals surface area contributed by atoms with Gasteiger partial charge in [-0.3, -0.25) is 0 Å². The van der Waals surface area contributed by atoms with E-state index in [1.165, 1.54) is 5.56 Å². The largest absolute Gasteiger partial charge is 1.00 e. The maximum Gasteiger partial charge on any atom is 0.117 e. The summed E-state index contributed by atoms with van der Waals surface area (Å²) in [5, 5.41) is 0. The number of quaternary nitrogens is 1. The molecule has 15 heavy (non-hydrogen) atoms. The zero-order chi connectivity index (χ0) is 10.6. The molecule has 1 atom stereocenters. The Morgan fingerprint density at radius 1 is 1.20 bits per heavy atom. The SMILES string of the molecule is C=CCC(c1ccccc1)[N+](C)(C)C.[Cl-]. The van der Waals surface area contributed by atoms with E-state index in [0.29, 0.717) is 6.04 Å². The van der Waals surface area contributed by atoms with Crippen LogP contribution in [0.4, 0.5) is 0 Å². The molecule has 0 N–H and O–H groups in total. The fourth-order valence-electron chi connectivity index (χ4n) is 1.73. The average Bonchev–Trinajstić information content (AvgIpc) is 2.14. The highest BCUT2D eigenvalue weighted by Crippen LogP contribution is 2.26. The van der Waals surface area contributed by atoms with Gasteiger partial charge in [0, 0.05) is 12.0 Å². The zero-order valence-electron chi connectivity index (χ0n) is 9.78. The fourth-order valence-corrected chi connectivity index (χ4v) is 1.73. The third-order valence-corrected chi connectivity index (χ3v) is 2.51. The van der Waals surface area contributed by atoms with E-state index in [2.05, 4.69) is 58.1 Å². The van der Waals surface area contributed by atoms with Gasteiger partial charge in [0.2, 0.25) is 0 Å². The third kappa shape index (κ3) is 4.06. The van der Waals surface area contributed by atoms with Crippen LogP contribution in [0.2, 0.25) is 0 Å². The van der Waals surface area contributed by atoms with Crippen molar-refractivity contribution in [2.45, 2.75) is 12.5 Å². The van der Waals surface area contributed by atoms with Crippen LogP contribution in [-0.2, 0) is 0 Å². The van der Waals surface area contributed by atoms with E-state index >= 15 is 0 Å². The van der Waals surface area contributed by atoms with Crippen LogP contribution < -0.4 is 12.4 Å². The van der Waals surface area contributed by atoms with Crippen LogP contribution in [0, 0.1) is 0 Å². The molecule has 0 bridgehead atoms. The average molecular weight is 226 g/mol. The second kappa shape index (κ2) is 5.94. The number of benzene rings is 1. The lowest BCUT2D eigenvalue weighted by Gasteiger charge is -2.34. The van der Waals surface area contributed by atoms with Gasteiger partial charge in [0.15, 0.2) is 0 Å². The van der Waals surface area contributed by atoms with Crippen molar-refractivity contribution in [1.82, 2.24) is 0 Å². The van der Waals surface area contributed by atoms with Gasteiger partial charge in [-0.25, -0.2) is 0 Å². The molecule has 1 aromatic carbocycles. The molecule has 0 aliphatic heterocycles. The van der Waals surface area contributed by atoms with E-state index in [1.807, 2.05) is 6.08 Å². The molecule has 1 unspecified atom stereocenters. The highest BCUT2D eigenvalue weighted by atomic mass is 35.5. The number of hydrogen-bond donors (Lipinski definition) is 0. The Bertz CT molecular complexity index is 287. The molecule has 0 amide bonds. The van der Waals surface area contributed by atoms with Gasteiger partial charge in [0.05, 0.1) is 21.1 Å². The molecule has 0 saturated carbocycles. The van der Waals surface area contributed by atoms with Crippen LogP contribution >= 0.6 is 0 Å². The molecule has 2 heteroatoms. The Hall–Kier alpha value is -0.790. The van der Waals surface area contributed by atoms with Crippen LogP contribution in [-0.4, -0.2) is 25.6 Å². The summed E-state index contributed by atoms with van der Waals surface area (Å²) in [6.45, 7) is 3.83. The first-order chi connectivity index (χ1) is 6.55. The summed E-state index contributed by atoms with van der Waals surface area (Å²) in [5.74, 6) is 0. The summed E-state index contributed by atoms with van der Waals surface area (Å²) >= 11 is 0. The lowest BCUT2D eigenvalue weighted by molar-refractivity contribution is -0.901. The van der Waals surface area contributed by atoms with Gasteiger partial charge in [-0.05, 0) is 0 Å². The molecule has 0 spiro atoms. The van der Waals surface area contributed by atoms with Gasteiger partial charge in [0.25, 0.3) is 0 Å². The maximum absolute atomic E-state index is 3.83. The summed E-state index contributed by atoms with van der Waals surface area (Å²) in [6, 6.07) is 11.1.